The predicted octanol–water partition coefficient (Wildman–Crippen LogP) is 5.69. The van der Waals surface area contributed by atoms with E-state index in [0.717, 1.165) is 0 Å². The van der Waals surface area contributed by atoms with Gasteiger partial charge in [-0.15, -0.1) is 0 Å². The van der Waals surface area contributed by atoms with E-state index in [9.17, 15) is 0 Å². The number of rotatable bonds is 1. The minimum Gasteiger partial charge on any atom is -0.361 e. The smallest absolute Gasteiger partial charge is 0.0457 e. The molecule has 1 N–H and O–H groups in total. The number of H-pyrrole nitrogens is 1. The van der Waals surface area contributed by atoms with E-state index in [0.29, 0.717) is 5.41 Å². The van der Waals surface area contributed by atoms with Gasteiger partial charge < -0.3 is 4.98 Å². The summed E-state index contributed by atoms with van der Waals surface area (Å²) in [5, 5.41) is 1.45. The molecule has 0 saturated heterocycles. The van der Waals surface area contributed by atoms with E-state index in [-0.39, 0.29) is 5.41 Å². The molecule has 0 amide bonds. The molecule has 1 nitrogen and oxygen atoms in total. The first-order chi connectivity index (χ1) is 9.40. The Hall–Kier alpha value is -1.24. The van der Waals surface area contributed by atoms with Gasteiger partial charge in [0.25, 0.3) is 0 Å². The van der Waals surface area contributed by atoms with E-state index in [1.54, 1.807) is 5.56 Å². The van der Waals surface area contributed by atoms with Crippen LogP contribution in [0.25, 0.3) is 10.9 Å². The Labute approximate surface area is 122 Å². The van der Waals surface area contributed by atoms with Crippen LogP contribution in [0.5, 0.6) is 0 Å². The summed E-state index contributed by atoms with van der Waals surface area (Å²) in [5.74, 6) is 0. The van der Waals surface area contributed by atoms with Crippen molar-refractivity contribution < 1.29 is 0 Å². The number of benzene rings is 1. The Morgan fingerprint density at radius 1 is 1.05 bits per heavy atom. The number of aromatic amines is 1. The van der Waals surface area contributed by atoms with Crippen molar-refractivity contribution in [3.05, 3.63) is 35.5 Å². The van der Waals surface area contributed by atoms with Crippen LogP contribution in [-0.4, -0.2) is 4.98 Å². The van der Waals surface area contributed by atoms with Gasteiger partial charge >= 0.3 is 0 Å². The Morgan fingerprint density at radius 2 is 1.75 bits per heavy atom. The Kier molecular flexibility index (Phi) is 3.19. The molecule has 1 fully saturated rings. The molecule has 1 aromatic carbocycles. The third-order valence-corrected chi connectivity index (χ3v) is 5.16. The van der Waals surface area contributed by atoms with Crippen molar-refractivity contribution in [3.8, 4) is 0 Å². The topological polar surface area (TPSA) is 15.8 Å². The second-order valence-corrected chi connectivity index (χ2v) is 7.83. The molecule has 1 saturated carbocycles. The van der Waals surface area contributed by atoms with E-state index in [4.69, 9.17) is 0 Å². The van der Waals surface area contributed by atoms with Gasteiger partial charge in [0.05, 0.1) is 0 Å². The fourth-order valence-electron chi connectivity index (χ4n) is 3.69. The van der Waals surface area contributed by atoms with Crippen molar-refractivity contribution >= 4 is 10.9 Å². The summed E-state index contributed by atoms with van der Waals surface area (Å²) < 4.78 is 0. The van der Waals surface area contributed by atoms with E-state index in [1.807, 2.05) is 0 Å². The molecule has 1 aliphatic rings. The molecule has 0 atom stereocenters. The molecule has 20 heavy (non-hydrogen) atoms. The third kappa shape index (κ3) is 2.28. The highest BCUT2D eigenvalue weighted by Gasteiger charge is 2.31. The summed E-state index contributed by atoms with van der Waals surface area (Å²) in [4.78, 5) is 3.49. The van der Waals surface area contributed by atoms with Crippen molar-refractivity contribution in [2.45, 2.75) is 70.6 Å². The lowest BCUT2D eigenvalue weighted by atomic mass is 9.70. The fraction of sp³-hybridized carbons (Fsp3) is 0.579. The minimum atomic E-state index is 0.218. The van der Waals surface area contributed by atoms with Crippen LogP contribution in [0.1, 0.15) is 70.9 Å². The Bertz CT molecular complexity index is 606. The van der Waals surface area contributed by atoms with Crippen molar-refractivity contribution in [3.63, 3.8) is 0 Å². The monoisotopic (exact) mass is 269 g/mol. The molecule has 1 aliphatic carbocycles. The van der Waals surface area contributed by atoms with Crippen LogP contribution in [0.2, 0.25) is 0 Å². The number of aromatic nitrogens is 1. The van der Waals surface area contributed by atoms with Crippen molar-refractivity contribution in [1.29, 1.82) is 0 Å². The van der Waals surface area contributed by atoms with Gasteiger partial charge in [-0.25, -0.2) is 0 Å². The first-order valence-electron chi connectivity index (χ1n) is 8.02. The van der Waals surface area contributed by atoms with Crippen LogP contribution in [0, 0.1) is 0 Å². The van der Waals surface area contributed by atoms with Crippen LogP contribution in [0.15, 0.2) is 24.4 Å². The second kappa shape index (κ2) is 4.65. The highest BCUT2D eigenvalue weighted by Crippen LogP contribution is 2.42. The highest BCUT2D eigenvalue weighted by atomic mass is 14.7. The normalized spacial score (nSPS) is 19.4. The van der Waals surface area contributed by atoms with Gasteiger partial charge in [0, 0.05) is 17.1 Å². The first kappa shape index (κ1) is 13.7. The summed E-state index contributed by atoms with van der Waals surface area (Å²) in [6, 6.07) is 6.94. The van der Waals surface area contributed by atoms with Crippen LogP contribution in [0.3, 0.4) is 0 Å². The molecule has 0 radical (unpaired) electrons. The van der Waals surface area contributed by atoms with Gasteiger partial charge in [0.2, 0.25) is 0 Å². The van der Waals surface area contributed by atoms with Gasteiger partial charge in [-0.2, -0.15) is 0 Å². The van der Waals surface area contributed by atoms with Crippen LogP contribution in [-0.2, 0) is 10.8 Å². The second-order valence-electron chi connectivity index (χ2n) is 7.83. The molecule has 1 heteroatoms. The summed E-state index contributed by atoms with van der Waals surface area (Å²) >= 11 is 0. The van der Waals surface area contributed by atoms with E-state index < -0.39 is 0 Å². The molecule has 1 aromatic heterocycles. The van der Waals surface area contributed by atoms with Crippen LogP contribution >= 0.6 is 0 Å². The van der Waals surface area contributed by atoms with Crippen LogP contribution in [0.4, 0.5) is 0 Å². The first-order valence-corrected chi connectivity index (χ1v) is 8.02. The average molecular weight is 269 g/mol. The molecular weight excluding hydrogens is 242 g/mol. The largest absolute Gasteiger partial charge is 0.361 e. The van der Waals surface area contributed by atoms with Gasteiger partial charge in [-0.3, -0.25) is 0 Å². The molecule has 3 rings (SSSR count). The Balaban J connectivity index is 2.11. The van der Waals surface area contributed by atoms with E-state index in [1.165, 1.54) is 48.6 Å². The number of nitrogens with one attached hydrogen (secondary N) is 1. The maximum Gasteiger partial charge on any atom is 0.0457 e. The number of hydrogen-bond acceptors (Lipinski definition) is 0. The summed E-state index contributed by atoms with van der Waals surface area (Å²) in [6.07, 6.45) is 9.09. The molecule has 2 aromatic rings. The van der Waals surface area contributed by atoms with E-state index in [2.05, 4.69) is 57.1 Å². The van der Waals surface area contributed by atoms with Gasteiger partial charge in [-0.05, 0) is 46.9 Å². The van der Waals surface area contributed by atoms with Gasteiger partial charge in [0.1, 0.15) is 0 Å². The van der Waals surface area contributed by atoms with Gasteiger partial charge in [0.15, 0.2) is 0 Å². The molecule has 0 unspecified atom stereocenters. The third-order valence-electron chi connectivity index (χ3n) is 5.16. The zero-order valence-electron chi connectivity index (χ0n) is 13.3. The fourth-order valence-corrected chi connectivity index (χ4v) is 3.69. The lowest BCUT2D eigenvalue weighted by molar-refractivity contribution is 0.322. The van der Waals surface area contributed by atoms with Crippen molar-refractivity contribution in [2.75, 3.05) is 0 Å². The maximum atomic E-state index is 3.49. The average Bonchev–Trinajstić information content (AvgIpc) is 2.82. The van der Waals surface area contributed by atoms with Crippen molar-refractivity contribution in [1.82, 2.24) is 4.98 Å². The lowest BCUT2D eigenvalue weighted by Crippen LogP contribution is -2.24. The summed E-state index contributed by atoms with van der Waals surface area (Å²) in [5.41, 5.74) is 4.85. The Morgan fingerprint density at radius 3 is 2.40 bits per heavy atom. The zero-order chi connectivity index (χ0) is 14.4. The number of hydrogen-bond donors (Lipinski definition) is 1. The SMILES string of the molecule is CC(C)(C)c1ccc2[nH]cc(C3(C)CCCCC3)c2c1. The summed E-state index contributed by atoms with van der Waals surface area (Å²) in [6.45, 7) is 9.34. The lowest BCUT2D eigenvalue weighted by Gasteiger charge is -2.33. The quantitative estimate of drug-likeness (QED) is 0.684. The standard InChI is InChI=1S/C19H27N/c1-18(2,3)14-8-9-17-15(12-14)16(13-20-17)19(4)10-6-5-7-11-19/h8-9,12-13,20H,5-7,10-11H2,1-4H3. The number of fused-ring (bicyclic) bond motifs is 1. The van der Waals surface area contributed by atoms with Crippen LogP contribution < -0.4 is 0 Å². The van der Waals surface area contributed by atoms with Crippen molar-refractivity contribution in [2.24, 2.45) is 0 Å². The minimum absolute atomic E-state index is 0.218. The molecule has 108 valence electrons. The predicted molar refractivity (Wildman–Crippen MR) is 87.4 cm³/mol. The van der Waals surface area contributed by atoms with E-state index >= 15 is 0 Å². The maximum absolute atomic E-state index is 3.49. The zero-order valence-corrected chi connectivity index (χ0v) is 13.3. The molecule has 1 heterocycles. The summed E-state index contributed by atoms with van der Waals surface area (Å²) in [7, 11) is 0. The molecule has 0 aliphatic heterocycles. The molecule has 0 spiro atoms. The van der Waals surface area contributed by atoms with Gasteiger partial charge in [-0.1, -0.05) is 53.0 Å². The highest BCUT2D eigenvalue weighted by molar-refractivity contribution is 5.85. The molecular formula is C19H27N. The molecule has 0 bridgehead atoms.